The minimum atomic E-state index is -0.242. The predicted octanol–water partition coefficient (Wildman–Crippen LogP) is 5.99. The van der Waals surface area contributed by atoms with E-state index in [-0.39, 0.29) is 16.6 Å². The normalized spacial score (nSPS) is 10.7. The van der Waals surface area contributed by atoms with Crippen LogP contribution in [0.25, 0.3) is 0 Å². The van der Waals surface area contributed by atoms with E-state index in [9.17, 15) is 4.79 Å². The van der Waals surface area contributed by atoms with E-state index < -0.39 is 0 Å². The zero-order chi connectivity index (χ0) is 19.2. The maximum absolute atomic E-state index is 12.1. The monoisotopic (exact) mass is 361 g/mol. The molecule has 0 spiro atoms. The van der Waals surface area contributed by atoms with Crippen molar-refractivity contribution in [1.82, 2.24) is 9.97 Å². The Bertz CT molecular complexity index is 729. The molecular formula is C20H28ClN3O. The summed E-state index contributed by atoms with van der Waals surface area (Å²) in [6.07, 6.45) is 2.58. The molecular weight excluding hydrogens is 334 g/mol. The molecule has 0 amide bonds. The Hall–Kier alpha value is -1.94. The fourth-order valence-electron chi connectivity index (χ4n) is 2.49. The van der Waals surface area contributed by atoms with Crippen molar-refractivity contribution < 1.29 is 4.79 Å². The van der Waals surface area contributed by atoms with Crippen LogP contribution in [0.2, 0.25) is 5.28 Å². The lowest BCUT2D eigenvalue weighted by Gasteiger charge is -2.40. The first-order valence-corrected chi connectivity index (χ1v) is 9.05. The molecule has 0 saturated carbocycles. The van der Waals surface area contributed by atoms with Gasteiger partial charge in [-0.3, -0.25) is 4.79 Å². The molecule has 0 fully saturated rings. The molecule has 0 aliphatic carbocycles. The SMILES string of the molecule is CC.CCC(C)(C)N(c1ccccc1C(C)=O)c1nc(Cl)ncc1C. The molecule has 0 radical (unpaired) electrons. The van der Waals surface area contributed by atoms with Crippen molar-refractivity contribution in [3.8, 4) is 0 Å². The van der Waals surface area contributed by atoms with Crippen LogP contribution < -0.4 is 4.90 Å². The maximum Gasteiger partial charge on any atom is 0.224 e. The van der Waals surface area contributed by atoms with Gasteiger partial charge in [0.15, 0.2) is 5.78 Å². The van der Waals surface area contributed by atoms with E-state index in [2.05, 4.69) is 35.6 Å². The number of nitrogens with zero attached hydrogens (tertiary/aromatic N) is 3. The number of Topliss-reactive ketones (excluding diaryl/α,β-unsaturated/α-hetero) is 1. The second-order valence-corrected chi connectivity index (χ2v) is 6.56. The zero-order valence-electron chi connectivity index (χ0n) is 16.2. The molecule has 0 aliphatic rings. The minimum absolute atomic E-state index is 0.0234. The van der Waals surface area contributed by atoms with E-state index in [0.29, 0.717) is 5.56 Å². The van der Waals surface area contributed by atoms with E-state index in [4.69, 9.17) is 11.6 Å². The first kappa shape index (κ1) is 21.1. The van der Waals surface area contributed by atoms with Crippen LogP contribution in [0.4, 0.5) is 11.5 Å². The molecule has 1 aromatic heterocycles. The molecule has 0 unspecified atom stereocenters. The number of para-hydroxylation sites is 1. The lowest BCUT2D eigenvalue weighted by molar-refractivity contribution is 0.101. The van der Waals surface area contributed by atoms with Crippen LogP contribution in [0, 0.1) is 6.92 Å². The highest BCUT2D eigenvalue weighted by atomic mass is 35.5. The molecule has 5 heteroatoms. The molecule has 0 N–H and O–H groups in total. The van der Waals surface area contributed by atoms with Gasteiger partial charge in [-0.05, 0) is 57.8 Å². The summed E-state index contributed by atoms with van der Waals surface area (Å²) in [5.41, 5.74) is 2.18. The summed E-state index contributed by atoms with van der Waals surface area (Å²) in [6, 6.07) is 7.59. The Morgan fingerprint density at radius 1 is 1.24 bits per heavy atom. The number of hydrogen-bond acceptors (Lipinski definition) is 4. The number of aromatic nitrogens is 2. The molecule has 0 saturated heterocycles. The molecule has 0 bridgehead atoms. The number of aryl methyl sites for hydroxylation is 1. The molecule has 1 aromatic carbocycles. The number of halogens is 1. The summed E-state index contributed by atoms with van der Waals surface area (Å²) < 4.78 is 0. The van der Waals surface area contributed by atoms with Gasteiger partial charge in [-0.25, -0.2) is 4.98 Å². The van der Waals surface area contributed by atoms with Gasteiger partial charge in [0.1, 0.15) is 5.82 Å². The molecule has 0 aliphatic heterocycles. The van der Waals surface area contributed by atoms with E-state index in [1.807, 2.05) is 45.0 Å². The van der Waals surface area contributed by atoms with Crippen LogP contribution in [0.1, 0.15) is 63.9 Å². The molecule has 0 atom stereocenters. The van der Waals surface area contributed by atoms with Gasteiger partial charge in [0.05, 0.1) is 5.69 Å². The number of rotatable bonds is 5. The molecule has 1 heterocycles. The van der Waals surface area contributed by atoms with Crippen molar-refractivity contribution >= 4 is 28.9 Å². The van der Waals surface area contributed by atoms with Gasteiger partial charge in [0, 0.05) is 22.9 Å². The quantitative estimate of drug-likeness (QED) is 0.484. The van der Waals surface area contributed by atoms with E-state index in [1.165, 1.54) is 0 Å². The highest BCUT2D eigenvalue weighted by Crippen LogP contribution is 2.37. The van der Waals surface area contributed by atoms with Crippen LogP contribution in [-0.4, -0.2) is 21.3 Å². The molecule has 2 rings (SSSR count). The first-order valence-electron chi connectivity index (χ1n) is 8.67. The average molecular weight is 362 g/mol. The van der Waals surface area contributed by atoms with Gasteiger partial charge in [0.2, 0.25) is 5.28 Å². The van der Waals surface area contributed by atoms with Gasteiger partial charge >= 0.3 is 0 Å². The molecule has 136 valence electrons. The number of ketones is 1. The third-order valence-electron chi connectivity index (χ3n) is 4.12. The number of anilines is 2. The summed E-state index contributed by atoms with van der Waals surface area (Å²) in [5.74, 6) is 0.751. The summed E-state index contributed by atoms with van der Waals surface area (Å²) in [7, 11) is 0. The van der Waals surface area contributed by atoms with Gasteiger partial charge in [-0.15, -0.1) is 0 Å². The van der Waals surface area contributed by atoms with Crippen molar-refractivity contribution in [3.63, 3.8) is 0 Å². The minimum Gasteiger partial charge on any atom is -0.320 e. The highest BCUT2D eigenvalue weighted by Gasteiger charge is 2.31. The topological polar surface area (TPSA) is 46.1 Å². The fraction of sp³-hybridized carbons (Fsp3) is 0.450. The fourth-order valence-corrected chi connectivity index (χ4v) is 2.62. The lowest BCUT2D eigenvalue weighted by atomic mass is 9.95. The van der Waals surface area contributed by atoms with E-state index in [0.717, 1.165) is 23.5 Å². The van der Waals surface area contributed by atoms with Crippen molar-refractivity contribution in [1.29, 1.82) is 0 Å². The first-order chi connectivity index (χ1) is 11.8. The Kier molecular flexibility index (Phi) is 7.56. The number of benzene rings is 1. The summed E-state index contributed by atoms with van der Waals surface area (Å²) in [5, 5.41) is 0.197. The predicted molar refractivity (Wildman–Crippen MR) is 106 cm³/mol. The van der Waals surface area contributed by atoms with Gasteiger partial charge < -0.3 is 4.90 Å². The third kappa shape index (κ3) is 4.79. The average Bonchev–Trinajstić information content (AvgIpc) is 2.60. The molecule has 4 nitrogen and oxygen atoms in total. The van der Waals surface area contributed by atoms with E-state index >= 15 is 0 Å². The second-order valence-electron chi connectivity index (χ2n) is 6.22. The number of carbonyl (C=O) groups excluding carboxylic acids is 1. The molecule has 25 heavy (non-hydrogen) atoms. The Morgan fingerprint density at radius 3 is 2.40 bits per heavy atom. The highest BCUT2D eigenvalue weighted by molar-refractivity contribution is 6.28. The van der Waals surface area contributed by atoms with Crippen LogP contribution in [0.15, 0.2) is 30.5 Å². The number of carbonyl (C=O) groups is 1. The largest absolute Gasteiger partial charge is 0.320 e. The van der Waals surface area contributed by atoms with Crippen molar-refractivity contribution in [2.75, 3.05) is 4.90 Å². The summed E-state index contributed by atoms with van der Waals surface area (Å²) in [4.78, 5) is 22.6. The van der Waals surface area contributed by atoms with Crippen molar-refractivity contribution in [2.24, 2.45) is 0 Å². The van der Waals surface area contributed by atoms with Gasteiger partial charge in [0.25, 0.3) is 0 Å². The van der Waals surface area contributed by atoms with Crippen LogP contribution in [0.3, 0.4) is 0 Å². The maximum atomic E-state index is 12.1. The van der Waals surface area contributed by atoms with Crippen LogP contribution >= 0.6 is 11.6 Å². The van der Waals surface area contributed by atoms with Crippen LogP contribution in [-0.2, 0) is 0 Å². The van der Waals surface area contributed by atoms with E-state index in [1.54, 1.807) is 13.1 Å². The summed E-state index contributed by atoms with van der Waals surface area (Å²) in [6.45, 7) is 13.9. The Morgan fingerprint density at radius 2 is 1.84 bits per heavy atom. The Labute approximate surface area is 156 Å². The van der Waals surface area contributed by atoms with Crippen molar-refractivity contribution in [2.45, 2.75) is 60.4 Å². The standard InChI is InChI=1S/C18H22ClN3O.C2H6/c1-6-18(4,5)22(16-12(2)11-20-17(19)21-16)15-10-8-7-9-14(15)13(3)23;1-2/h7-11H,6H2,1-5H3;1-2H3. The molecule has 2 aromatic rings. The lowest BCUT2D eigenvalue weighted by Crippen LogP contribution is -2.41. The second kappa shape index (κ2) is 8.95. The van der Waals surface area contributed by atoms with Crippen LogP contribution in [0.5, 0.6) is 0 Å². The zero-order valence-corrected chi connectivity index (χ0v) is 17.0. The smallest absolute Gasteiger partial charge is 0.224 e. The third-order valence-corrected chi connectivity index (χ3v) is 4.30. The van der Waals surface area contributed by atoms with Crippen molar-refractivity contribution in [3.05, 3.63) is 46.9 Å². The van der Waals surface area contributed by atoms with Gasteiger partial charge in [-0.1, -0.05) is 32.9 Å². The van der Waals surface area contributed by atoms with Gasteiger partial charge in [-0.2, -0.15) is 4.98 Å². The Balaban J connectivity index is 0.00000151. The summed E-state index contributed by atoms with van der Waals surface area (Å²) >= 11 is 6.03. The number of hydrogen-bond donors (Lipinski definition) is 0.